The van der Waals surface area contributed by atoms with Crippen LogP contribution >= 0.6 is 24.0 Å². The van der Waals surface area contributed by atoms with Gasteiger partial charge in [0.25, 0.3) is 5.91 Å². The van der Waals surface area contributed by atoms with Crippen molar-refractivity contribution in [1.82, 2.24) is 30.2 Å². The van der Waals surface area contributed by atoms with Crippen LogP contribution in [0.2, 0.25) is 0 Å². The molecule has 3 heterocycles. The number of carbonyl (C=O) groups excluding carboxylic acids is 1. The first-order chi connectivity index (χ1) is 13.0. The number of hydrogen-bond donors (Lipinski definition) is 2. The SMILES string of the molecule is Cc1noc(C)c1CSc1ncccc1C(=O)NCCc1n[nH]c(=S)n1C. The predicted molar refractivity (Wildman–Crippen MR) is 104 cm³/mol. The molecule has 0 unspecified atom stereocenters. The van der Waals surface area contributed by atoms with Crippen molar-refractivity contribution in [2.75, 3.05) is 6.54 Å². The number of aryl methyl sites for hydroxylation is 2. The highest BCUT2D eigenvalue weighted by Crippen LogP contribution is 2.27. The van der Waals surface area contributed by atoms with E-state index in [0.29, 0.717) is 34.1 Å². The fourth-order valence-electron chi connectivity index (χ4n) is 2.51. The minimum Gasteiger partial charge on any atom is -0.361 e. The summed E-state index contributed by atoms with van der Waals surface area (Å²) in [7, 11) is 1.84. The maximum atomic E-state index is 12.6. The molecule has 0 aromatic carbocycles. The predicted octanol–water partition coefficient (Wildman–Crippen LogP) is 2.74. The molecule has 1 amide bonds. The zero-order chi connectivity index (χ0) is 19.4. The van der Waals surface area contributed by atoms with Crippen LogP contribution in [0.1, 0.15) is 33.2 Å². The van der Waals surface area contributed by atoms with E-state index in [1.54, 1.807) is 22.9 Å². The summed E-state index contributed by atoms with van der Waals surface area (Å²) in [5.41, 5.74) is 2.43. The van der Waals surface area contributed by atoms with Gasteiger partial charge in [-0.1, -0.05) is 5.16 Å². The van der Waals surface area contributed by atoms with Gasteiger partial charge < -0.3 is 14.4 Å². The van der Waals surface area contributed by atoms with Crippen LogP contribution in [0, 0.1) is 18.6 Å². The Morgan fingerprint density at radius 2 is 2.26 bits per heavy atom. The van der Waals surface area contributed by atoms with Gasteiger partial charge in [0.2, 0.25) is 0 Å². The van der Waals surface area contributed by atoms with E-state index in [4.69, 9.17) is 16.7 Å². The van der Waals surface area contributed by atoms with E-state index >= 15 is 0 Å². The fraction of sp³-hybridized carbons (Fsp3) is 0.353. The number of nitrogens with one attached hydrogen (secondary N) is 2. The lowest BCUT2D eigenvalue weighted by Crippen LogP contribution is -2.27. The fourth-order valence-corrected chi connectivity index (χ4v) is 3.81. The topological polar surface area (TPSA) is 102 Å². The van der Waals surface area contributed by atoms with Gasteiger partial charge in [-0.3, -0.25) is 9.89 Å². The smallest absolute Gasteiger partial charge is 0.254 e. The van der Waals surface area contributed by atoms with Crippen molar-refractivity contribution in [3.63, 3.8) is 0 Å². The van der Waals surface area contributed by atoms with Crippen molar-refractivity contribution in [3.05, 3.63) is 51.5 Å². The summed E-state index contributed by atoms with van der Waals surface area (Å²) < 4.78 is 7.53. The molecule has 0 aliphatic rings. The Morgan fingerprint density at radius 1 is 1.44 bits per heavy atom. The van der Waals surface area contributed by atoms with E-state index in [0.717, 1.165) is 22.8 Å². The summed E-state index contributed by atoms with van der Waals surface area (Å²) in [4.78, 5) is 16.9. The van der Waals surface area contributed by atoms with Crippen LogP contribution in [0.4, 0.5) is 0 Å². The Balaban J connectivity index is 1.63. The number of pyridine rings is 1. The van der Waals surface area contributed by atoms with Crippen molar-refractivity contribution in [1.29, 1.82) is 0 Å². The molecule has 0 radical (unpaired) electrons. The van der Waals surface area contributed by atoms with Gasteiger partial charge in [-0.05, 0) is 38.2 Å². The molecule has 3 aromatic heterocycles. The Kier molecular flexibility index (Phi) is 6.07. The molecule has 27 heavy (non-hydrogen) atoms. The monoisotopic (exact) mass is 404 g/mol. The number of H-pyrrole nitrogens is 1. The summed E-state index contributed by atoms with van der Waals surface area (Å²) in [6.07, 6.45) is 2.26. The highest BCUT2D eigenvalue weighted by molar-refractivity contribution is 7.98. The zero-order valence-electron chi connectivity index (χ0n) is 15.3. The molecule has 3 aromatic rings. The van der Waals surface area contributed by atoms with E-state index < -0.39 is 0 Å². The quantitative estimate of drug-likeness (QED) is 0.461. The van der Waals surface area contributed by atoms with Gasteiger partial charge in [-0.15, -0.1) is 11.8 Å². The first-order valence-electron chi connectivity index (χ1n) is 8.35. The third-order valence-corrected chi connectivity index (χ3v) is 5.55. The minimum absolute atomic E-state index is 0.166. The van der Waals surface area contributed by atoms with Crippen LogP contribution in [0.3, 0.4) is 0 Å². The van der Waals surface area contributed by atoms with Crippen LogP contribution < -0.4 is 5.32 Å². The van der Waals surface area contributed by atoms with Crippen molar-refractivity contribution < 1.29 is 9.32 Å². The summed E-state index contributed by atoms with van der Waals surface area (Å²) in [6, 6.07) is 3.53. The zero-order valence-corrected chi connectivity index (χ0v) is 16.9. The second-order valence-electron chi connectivity index (χ2n) is 5.96. The average molecular weight is 405 g/mol. The highest BCUT2D eigenvalue weighted by Gasteiger charge is 2.15. The normalized spacial score (nSPS) is 10.9. The second kappa shape index (κ2) is 8.49. The molecule has 0 bridgehead atoms. The molecule has 0 saturated heterocycles. The average Bonchev–Trinajstić information content (AvgIpc) is 3.16. The first kappa shape index (κ1) is 19.3. The number of carbonyl (C=O) groups is 1. The molecule has 0 atom stereocenters. The van der Waals surface area contributed by atoms with Crippen LogP contribution in [0.25, 0.3) is 0 Å². The molecule has 0 aliphatic heterocycles. The molecule has 3 rings (SSSR count). The molecule has 0 fully saturated rings. The van der Waals surface area contributed by atoms with Gasteiger partial charge in [0, 0.05) is 37.5 Å². The van der Waals surface area contributed by atoms with Crippen molar-refractivity contribution in [2.24, 2.45) is 7.05 Å². The maximum Gasteiger partial charge on any atom is 0.254 e. The molecule has 0 saturated carbocycles. The summed E-state index contributed by atoms with van der Waals surface area (Å²) in [5, 5.41) is 14.4. The molecule has 2 N–H and O–H groups in total. The van der Waals surface area contributed by atoms with Gasteiger partial charge in [0.05, 0.1) is 11.3 Å². The van der Waals surface area contributed by atoms with Crippen molar-refractivity contribution in [2.45, 2.75) is 31.0 Å². The van der Waals surface area contributed by atoms with Gasteiger partial charge in [-0.25, -0.2) is 4.98 Å². The second-order valence-corrected chi connectivity index (χ2v) is 7.31. The lowest BCUT2D eigenvalue weighted by atomic mass is 10.2. The van der Waals surface area contributed by atoms with Gasteiger partial charge >= 0.3 is 0 Å². The molecular formula is C17H20N6O2S2. The van der Waals surface area contributed by atoms with Crippen molar-refractivity contribution in [3.8, 4) is 0 Å². The largest absolute Gasteiger partial charge is 0.361 e. The van der Waals surface area contributed by atoms with Crippen LogP contribution in [0.15, 0.2) is 27.9 Å². The van der Waals surface area contributed by atoms with Crippen LogP contribution in [-0.4, -0.2) is 37.4 Å². The Hall–Kier alpha value is -2.46. The van der Waals surface area contributed by atoms with Crippen molar-refractivity contribution >= 4 is 29.9 Å². The number of aromatic amines is 1. The maximum absolute atomic E-state index is 12.6. The number of amides is 1. The molecule has 142 valence electrons. The molecule has 10 heteroatoms. The Bertz CT molecular complexity index is 988. The number of hydrogen-bond acceptors (Lipinski definition) is 7. The van der Waals surface area contributed by atoms with E-state index in [1.807, 2.05) is 20.9 Å². The molecular weight excluding hydrogens is 384 g/mol. The van der Waals surface area contributed by atoms with E-state index in [-0.39, 0.29) is 5.91 Å². The third kappa shape index (κ3) is 4.45. The number of rotatable bonds is 7. The standard InChI is InChI=1S/C17H20N6O2S2/c1-10-13(11(2)25-22-10)9-27-16-12(5-4-7-19-16)15(24)18-8-6-14-20-21-17(26)23(14)3/h4-5,7H,6,8-9H2,1-3H3,(H,18,24)(H,21,26). The molecule has 0 spiro atoms. The van der Waals surface area contributed by atoms with Crippen LogP contribution in [-0.2, 0) is 19.2 Å². The van der Waals surface area contributed by atoms with Gasteiger partial charge in [-0.2, -0.15) is 5.10 Å². The summed E-state index contributed by atoms with van der Waals surface area (Å²) in [6.45, 7) is 4.24. The lowest BCUT2D eigenvalue weighted by Gasteiger charge is -2.09. The Morgan fingerprint density at radius 3 is 2.93 bits per heavy atom. The Labute approximate surface area is 165 Å². The lowest BCUT2D eigenvalue weighted by molar-refractivity contribution is 0.0950. The number of nitrogens with zero attached hydrogens (tertiary/aromatic N) is 4. The highest BCUT2D eigenvalue weighted by atomic mass is 32.2. The van der Waals surface area contributed by atoms with E-state index in [1.165, 1.54) is 11.8 Å². The number of thioether (sulfide) groups is 1. The van der Waals surface area contributed by atoms with Gasteiger partial charge in [0.15, 0.2) is 4.77 Å². The summed E-state index contributed by atoms with van der Waals surface area (Å²) >= 11 is 6.58. The van der Waals surface area contributed by atoms with Crippen LogP contribution in [0.5, 0.6) is 0 Å². The number of aromatic nitrogens is 5. The molecule has 8 nitrogen and oxygen atoms in total. The van der Waals surface area contributed by atoms with E-state index in [9.17, 15) is 4.79 Å². The molecule has 0 aliphatic carbocycles. The summed E-state index contributed by atoms with van der Waals surface area (Å²) in [5.74, 6) is 2.05. The first-order valence-corrected chi connectivity index (χ1v) is 9.74. The third-order valence-electron chi connectivity index (χ3n) is 4.16. The minimum atomic E-state index is -0.166. The van der Waals surface area contributed by atoms with Gasteiger partial charge in [0.1, 0.15) is 16.6 Å². The van der Waals surface area contributed by atoms with E-state index in [2.05, 4.69) is 25.7 Å².